The molecule has 0 aliphatic rings. The van der Waals surface area contributed by atoms with E-state index in [4.69, 9.17) is 4.74 Å². The first-order valence-electron chi connectivity index (χ1n) is 7.94. The van der Waals surface area contributed by atoms with Crippen LogP contribution in [0.4, 0.5) is 5.69 Å². The normalized spacial score (nSPS) is 10.9. The van der Waals surface area contributed by atoms with Crippen LogP contribution >= 0.6 is 11.8 Å². The summed E-state index contributed by atoms with van der Waals surface area (Å²) in [5.74, 6) is -0.434. The summed E-state index contributed by atoms with van der Waals surface area (Å²) in [4.78, 5) is 23.7. The molecule has 27 heavy (non-hydrogen) atoms. The summed E-state index contributed by atoms with van der Waals surface area (Å²) in [6, 6.07) is 13.0. The van der Waals surface area contributed by atoms with Gasteiger partial charge in [-0.2, -0.15) is 0 Å². The van der Waals surface area contributed by atoms with E-state index in [-0.39, 0.29) is 22.3 Å². The van der Waals surface area contributed by atoms with Crippen LogP contribution in [0.5, 0.6) is 5.75 Å². The van der Waals surface area contributed by atoms with Crippen molar-refractivity contribution in [2.45, 2.75) is 11.8 Å². The summed E-state index contributed by atoms with van der Waals surface area (Å²) in [7, 11) is -2.36. The molecule has 2 aromatic carbocycles. The molecule has 2 aromatic rings. The molecule has 2 rings (SSSR count). The summed E-state index contributed by atoms with van der Waals surface area (Å²) >= 11 is 1.02. The number of aryl methyl sites for hydroxylation is 1. The van der Waals surface area contributed by atoms with Crippen molar-refractivity contribution in [2.75, 3.05) is 23.9 Å². The van der Waals surface area contributed by atoms with Gasteiger partial charge >= 0.3 is 0 Å². The Labute approximate surface area is 162 Å². The maximum atomic E-state index is 12.1. The first kappa shape index (κ1) is 20.8. The van der Waals surface area contributed by atoms with Crippen molar-refractivity contribution in [3.63, 3.8) is 0 Å². The smallest absolute Gasteiger partial charge is 0.264 e. The van der Waals surface area contributed by atoms with Gasteiger partial charge in [0.25, 0.3) is 10.0 Å². The van der Waals surface area contributed by atoms with Crippen LogP contribution in [-0.2, 0) is 19.6 Å². The molecular weight excluding hydrogens is 388 g/mol. The van der Waals surface area contributed by atoms with E-state index in [0.717, 1.165) is 17.3 Å². The number of benzene rings is 2. The minimum Gasteiger partial charge on any atom is -0.497 e. The molecule has 0 saturated heterocycles. The Morgan fingerprint density at radius 2 is 1.56 bits per heavy atom. The van der Waals surface area contributed by atoms with Crippen LogP contribution in [0.15, 0.2) is 53.4 Å². The number of carbonyl (C=O) groups excluding carboxylic acids is 2. The number of anilines is 1. The molecule has 0 aromatic heterocycles. The van der Waals surface area contributed by atoms with E-state index in [1.807, 2.05) is 11.6 Å². The molecule has 0 fully saturated rings. The molecule has 0 atom stereocenters. The third-order valence-corrected chi connectivity index (χ3v) is 5.74. The molecule has 0 aliphatic carbocycles. The molecule has 0 saturated carbocycles. The predicted molar refractivity (Wildman–Crippen MR) is 105 cm³/mol. The van der Waals surface area contributed by atoms with Gasteiger partial charge < -0.3 is 10.1 Å². The zero-order valence-corrected chi connectivity index (χ0v) is 16.5. The fraction of sp³-hybridized carbons (Fsp3) is 0.222. The van der Waals surface area contributed by atoms with Crippen molar-refractivity contribution < 1.29 is 22.7 Å². The fourth-order valence-electron chi connectivity index (χ4n) is 2.06. The predicted octanol–water partition coefficient (Wildman–Crippen LogP) is 2.18. The average molecular weight is 409 g/mol. The van der Waals surface area contributed by atoms with Gasteiger partial charge in [0.05, 0.1) is 23.5 Å². The van der Waals surface area contributed by atoms with Crippen molar-refractivity contribution in [1.29, 1.82) is 0 Å². The van der Waals surface area contributed by atoms with Crippen molar-refractivity contribution >= 4 is 39.3 Å². The van der Waals surface area contributed by atoms with Crippen molar-refractivity contribution in [3.05, 3.63) is 54.1 Å². The van der Waals surface area contributed by atoms with Gasteiger partial charge in [0.2, 0.25) is 11.8 Å². The molecular formula is C18H20N2O5S2. The average Bonchev–Trinajstić information content (AvgIpc) is 2.62. The van der Waals surface area contributed by atoms with E-state index in [1.54, 1.807) is 43.5 Å². The maximum absolute atomic E-state index is 12.1. The first-order chi connectivity index (χ1) is 12.8. The van der Waals surface area contributed by atoms with Crippen LogP contribution in [0.2, 0.25) is 0 Å². The van der Waals surface area contributed by atoms with Gasteiger partial charge in [-0.05, 0) is 43.3 Å². The Morgan fingerprint density at radius 3 is 2.15 bits per heavy atom. The monoisotopic (exact) mass is 408 g/mol. The van der Waals surface area contributed by atoms with Crippen molar-refractivity contribution in [3.8, 4) is 5.75 Å². The lowest BCUT2D eigenvalue weighted by Crippen LogP contribution is -2.32. The van der Waals surface area contributed by atoms with Crippen LogP contribution in [0.3, 0.4) is 0 Å². The third kappa shape index (κ3) is 6.61. The highest BCUT2D eigenvalue weighted by Crippen LogP contribution is 2.15. The van der Waals surface area contributed by atoms with Gasteiger partial charge in [0, 0.05) is 5.69 Å². The molecule has 0 spiro atoms. The van der Waals surface area contributed by atoms with E-state index < -0.39 is 15.9 Å². The van der Waals surface area contributed by atoms with Crippen molar-refractivity contribution in [2.24, 2.45) is 0 Å². The van der Waals surface area contributed by atoms with E-state index in [9.17, 15) is 18.0 Å². The van der Waals surface area contributed by atoms with Gasteiger partial charge in [-0.3, -0.25) is 9.59 Å². The lowest BCUT2D eigenvalue weighted by molar-refractivity contribution is -0.116. The number of sulfonamides is 1. The van der Waals surface area contributed by atoms with Gasteiger partial charge in [0.1, 0.15) is 5.75 Å². The number of amides is 2. The number of methoxy groups -OCH3 is 1. The second-order valence-corrected chi connectivity index (χ2v) is 8.28. The summed E-state index contributed by atoms with van der Waals surface area (Å²) < 4.78 is 31.3. The number of carbonyl (C=O) groups is 2. The second-order valence-electron chi connectivity index (χ2n) is 5.61. The SMILES string of the molecule is COc1ccc(NC(=O)CSCC(=O)NS(=O)(=O)c2ccc(C)cc2)cc1. The highest BCUT2D eigenvalue weighted by atomic mass is 32.2. The maximum Gasteiger partial charge on any atom is 0.264 e. The Bertz CT molecular complexity index is 894. The molecule has 0 unspecified atom stereocenters. The Morgan fingerprint density at radius 1 is 0.963 bits per heavy atom. The molecule has 0 bridgehead atoms. The van der Waals surface area contributed by atoms with Gasteiger partial charge in [0.15, 0.2) is 0 Å². The minimum absolute atomic E-state index is 0.0173. The zero-order valence-electron chi connectivity index (χ0n) is 14.9. The fourth-order valence-corrected chi connectivity index (χ4v) is 3.76. The van der Waals surface area contributed by atoms with Crippen LogP contribution in [0.25, 0.3) is 0 Å². The number of hydrogen-bond donors (Lipinski definition) is 2. The number of hydrogen-bond acceptors (Lipinski definition) is 6. The lowest BCUT2D eigenvalue weighted by Gasteiger charge is -2.08. The summed E-state index contributed by atoms with van der Waals surface area (Å²) in [6.45, 7) is 1.84. The quantitative estimate of drug-likeness (QED) is 0.694. The van der Waals surface area contributed by atoms with E-state index in [2.05, 4.69) is 5.32 Å². The van der Waals surface area contributed by atoms with E-state index in [1.165, 1.54) is 12.1 Å². The van der Waals surface area contributed by atoms with Crippen LogP contribution in [0.1, 0.15) is 5.56 Å². The van der Waals surface area contributed by atoms with Crippen molar-refractivity contribution in [1.82, 2.24) is 4.72 Å². The Hall–Kier alpha value is -2.52. The summed E-state index contributed by atoms with van der Waals surface area (Å²) in [5, 5.41) is 2.68. The molecule has 0 aliphatic heterocycles. The number of rotatable bonds is 8. The molecule has 144 valence electrons. The molecule has 0 radical (unpaired) electrons. The molecule has 7 nitrogen and oxygen atoms in total. The molecule has 2 amide bonds. The number of thioether (sulfide) groups is 1. The molecule has 0 heterocycles. The van der Waals surface area contributed by atoms with E-state index in [0.29, 0.717) is 11.4 Å². The zero-order chi connectivity index (χ0) is 19.9. The topological polar surface area (TPSA) is 102 Å². The third-order valence-electron chi connectivity index (χ3n) is 3.42. The Balaban J connectivity index is 1.77. The minimum atomic E-state index is -3.91. The van der Waals surface area contributed by atoms with Gasteiger partial charge in [-0.1, -0.05) is 17.7 Å². The van der Waals surface area contributed by atoms with Crippen LogP contribution < -0.4 is 14.8 Å². The molecule has 9 heteroatoms. The molecule has 2 N–H and O–H groups in total. The highest BCUT2D eigenvalue weighted by Gasteiger charge is 2.17. The largest absolute Gasteiger partial charge is 0.497 e. The number of nitrogens with one attached hydrogen (secondary N) is 2. The van der Waals surface area contributed by atoms with Crippen LogP contribution in [0, 0.1) is 6.92 Å². The highest BCUT2D eigenvalue weighted by molar-refractivity contribution is 8.00. The van der Waals surface area contributed by atoms with Gasteiger partial charge in [-0.25, -0.2) is 13.1 Å². The summed E-state index contributed by atoms with van der Waals surface area (Å²) in [6.07, 6.45) is 0. The summed E-state index contributed by atoms with van der Waals surface area (Å²) in [5.41, 5.74) is 1.52. The lowest BCUT2D eigenvalue weighted by atomic mass is 10.2. The number of ether oxygens (including phenoxy) is 1. The first-order valence-corrected chi connectivity index (χ1v) is 10.6. The van der Waals surface area contributed by atoms with Gasteiger partial charge in [-0.15, -0.1) is 11.8 Å². The standard InChI is InChI=1S/C18H20N2O5S2/c1-13-3-9-16(10-4-13)27(23,24)20-18(22)12-26-11-17(21)19-14-5-7-15(25-2)8-6-14/h3-10H,11-12H2,1-2H3,(H,19,21)(H,20,22). The Kier molecular flexibility index (Phi) is 7.26. The van der Waals surface area contributed by atoms with Crippen LogP contribution in [-0.4, -0.2) is 38.8 Å². The second kappa shape index (κ2) is 9.43. The van der Waals surface area contributed by atoms with E-state index >= 15 is 0 Å².